The molecule has 1 aliphatic carbocycles. The van der Waals surface area contributed by atoms with Gasteiger partial charge in [-0.1, -0.05) is 36.4 Å². The van der Waals surface area contributed by atoms with Gasteiger partial charge in [0.05, 0.1) is 22.6 Å². The Hall–Kier alpha value is -3.69. The van der Waals surface area contributed by atoms with Crippen LogP contribution in [0.5, 0.6) is 11.5 Å². The summed E-state index contributed by atoms with van der Waals surface area (Å²) >= 11 is 3.32. The van der Waals surface area contributed by atoms with E-state index in [4.69, 9.17) is 4.74 Å². The monoisotopic (exact) mass is 580 g/mol. The maximum atomic E-state index is 13.8. The van der Waals surface area contributed by atoms with Gasteiger partial charge in [-0.05, 0) is 71.7 Å². The van der Waals surface area contributed by atoms with Crippen LogP contribution >= 0.6 is 15.9 Å². The summed E-state index contributed by atoms with van der Waals surface area (Å²) < 4.78 is 5.85. The number of para-hydroxylation sites is 2. The first-order valence-electron chi connectivity index (χ1n) is 12.2. The van der Waals surface area contributed by atoms with E-state index in [1.165, 1.54) is 13.0 Å². The van der Waals surface area contributed by atoms with Crippen LogP contribution in [0.3, 0.4) is 0 Å². The molecule has 0 bridgehead atoms. The van der Waals surface area contributed by atoms with Crippen molar-refractivity contribution in [2.45, 2.75) is 31.8 Å². The Morgan fingerprint density at radius 3 is 2.11 bits per heavy atom. The smallest absolute Gasteiger partial charge is 0.235 e. The molecule has 2 amide bonds. The van der Waals surface area contributed by atoms with Crippen molar-refractivity contribution in [3.63, 3.8) is 0 Å². The predicted molar refractivity (Wildman–Crippen MR) is 147 cm³/mol. The van der Waals surface area contributed by atoms with Crippen LogP contribution in [0, 0.1) is 11.8 Å². The minimum atomic E-state index is -1.76. The SMILES string of the molecule is CCOc1cc(C2C(C(=O)Nc3ccccc3)C(=O)CC(C)(O)C2C(=O)Nc2ccccc2)cc(Br)c1O. The van der Waals surface area contributed by atoms with Crippen molar-refractivity contribution in [1.29, 1.82) is 0 Å². The molecule has 0 heterocycles. The summed E-state index contributed by atoms with van der Waals surface area (Å²) in [6, 6.07) is 20.5. The Kier molecular flexibility index (Phi) is 8.18. The lowest BCUT2D eigenvalue weighted by molar-refractivity contribution is -0.150. The third-order valence-corrected chi connectivity index (χ3v) is 7.25. The summed E-state index contributed by atoms with van der Waals surface area (Å²) in [6.07, 6.45) is -0.388. The molecule has 198 valence electrons. The number of Topliss-reactive ketones (excluding diaryl/α,β-unsaturated/α-hetero) is 1. The van der Waals surface area contributed by atoms with E-state index in [0.29, 0.717) is 16.9 Å². The number of carbonyl (C=O) groups excluding carboxylic acids is 3. The number of benzene rings is 3. The molecular weight excluding hydrogens is 552 g/mol. The molecule has 4 N–H and O–H groups in total. The van der Waals surface area contributed by atoms with E-state index in [1.807, 2.05) is 0 Å². The molecule has 38 heavy (non-hydrogen) atoms. The second-order valence-corrected chi connectivity index (χ2v) is 10.3. The minimum absolute atomic E-state index is 0.124. The van der Waals surface area contributed by atoms with Crippen molar-refractivity contribution < 1.29 is 29.3 Å². The fourth-order valence-electron chi connectivity index (χ4n) is 5.03. The lowest BCUT2D eigenvalue weighted by Gasteiger charge is -2.44. The number of anilines is 2. The van der Waals surface area contributed by atoms with Crippen LogP contribution in [-0.4, -0.2) is 40.0 Å². The van der Waals surface area contributed by atoms with E-state index in [0.717, 1.165) is 0 Å². The number of ether oxygens (including phenoxy) is 1. The molecule has 9 heteroatoms. The van der Waals surface area contributed by atoms with Crippen molar-refractivity contribution in [3.05, 3.63) is 82.8 Å². The number of aliphatic hydroxyl groups is 1. The third-order valence-electron chi connectivity index (χ3n) is 6.65. The van der Waals surface area contributed by atoms with Gasteiger partial charge in [-0.2, -0.15) is 0 Å². The first kappa shape index (κ1) is 27.3. The van der Waals surface area contributed by atoms with Crippen LogP contribution in [0.2, 0.25) is 0 Å². The number of phenols is 1. The quantitative estimate of drug-likeness (QED) is 0.295. The first-order chi connectivity index (χ1) is 18.1. The summed E-state index contributed by atoms with van der Waals surface area (Å²) in [5, 5.41) is 27.6. The molecule has 4 rings (SSSR count). The van der Waals surface area contributed by atoms with E-state index in [1.54, 1.807) is 73.7 Å². The second kappa shape index (κ2) is 11.4. The zero-order valence-electron chi connectivity index (χ0n) is 21.0. The van der Waals surface area contributed by atoms with Gasteiger partial charge in [0.25, 0.3) is 0 Å². The average molecular weight is 581 g/mol. The number of rotatable bonds is 7. The number of phenolic OH excluding ortho intramolecular Hbond substituents is 1. The normalized spacial score (nSPS) is 22.9. The van der Waals surface area contributed by atoms with E-state index >= 15 is 0 Å². The maximum absolute atomic E-state index is 13.8. The van der Waals surface area contributed by atoms with Crippen molar-refractivity contribution in [3.8, 4) is 11.5 Å². The highest BCUT2D eigenvalue weighted by Gasteiger charge is 2.56. The van der Waals surface area contributed by atoms with E-state index in [-0.39, 0.29) is 29.0 Å². The number of ketones is 1. The van der Waals surface area contributed by atoms with E-state index in [2.05, 4.69) is 26.6 Å². The predicted octanol–water partition coefficient (Wildman–Crippen LogP) is 4.87. The number of carbonyl (C=O) groups is 3. The van der Waals surface area contributed by atoms with Crippen LogP contribution in [0.1, 0.15) is 31.7 Å². The average Bonchev–Trinajstić information content (AvgIpc) is 2.86. The van der Waals surface area contributed by atoms with Crippen LogP contribution in [0.15, 0.2) is 77.3 Å². The van der Waals surface area contributed by atoms with Gasteiger partial charge < -0.3 is 25.6 Å². The van der Waals surface area contributed by atoms with Crippen LogP contribution < -0.4 is 15.4 Å². The lowest BCUT2D eigenvalue weighted by Crippen LogP contribution is -2.56. The summed E-state index contributed by atoms with van der Waals surface area (Å²) in [7, 11) is 0. The summed E-state index contributed by atoms with van der Waals surface area (Å²) in [5.41, 5.74) is -0.377. The summed E-state index contributed by atoms with van der Waals surface area (Å²) in [6.45, 7) is 3.43. The largest absolute Gasteiger partial charge is 0.503 e. The van der Waals surface area contributed by atoms with E-state index in [9.17, 15) is 24.6 Å². The third kappa shape index (κ3) is 5.74. The Balaban J connectivity index is 1.84. The van der Waals surface area contributed by atoms with Gasteiger partial charge >= 0.3 is 0 Å². The molecular formula is C29H29BrN2O6. The zero-order valence-corrected chi connectivity index (χ0v) is 22.6. The topological polar surface area (TPSA) is 125 Å². The fraction of sp³-hybridized carbons (Fsp3) is 0.276. The minimum Gasteiger partial charge on any atom is -0.503 e. The summed E-state index contributed by atoms with van der Waals surface area (Å²) in [4.78, 5) is 40.8. The van der Waals surface area contributed by atoms with Gasteiger partial charge in [0.2, 0.25) is 11.8 Å². The van der Waals surface area contributed by atoms with Gasteiger partial charge in [0, 0.05) is 23.7 Å². The number of aromatic hydroxyl groups is 1. The second-order valence-electron chi connectivity index (χ2n) is 9.47. The Morgan fingerprint density at radius 2 is 1.55 bits per heavy atom. The molecule has 0 saturated heterocycles. The molecule has 4 unspecified atom stereocenters. The highest BCUT2D eigenvalue weighted by atomic mass is 79.9. The molecule has 8 nitrogen and oxygen atoms in total. The molecule has 1 saturated carbocycles. The molecule has 3 aromatic rings. The Morgan fingerprint density at radius 1 is 1.00 bits per heavy atom. The summed E-state index contributed by atoms with van der Waals surface area (Å²) in [5.74, 6) is -5.24. The maximum Gasteiger partial charge on any atom is 0.235 e. The number of hydrogen-bond acceptors (Lipinski definition) is 6. The van der Waals surface area contributed by atoms with Gasteiger partial charge in [0.1, 0.15) is 11.7 Å². The zero-order chi connectivity index (χ0) is 27.4. The van der Waals surface area contributed by atoms with Crippen molar-refractivity contribution in [2.75, 3.05) is 17.2 Å². The lowest BCUT2D eigenvalue weighted by atomic mass is 9.61. The fourth-order valence-corrected chi connectivity index (χ4v) is 5.49. The number of amides is 2. The molecule has 0 aromatic heterocycles. The molecule has 1 fully saturated rings. The van der Waals surface area contributed by atoms with E-state index < -0.39 is 41.0 Å². The van der Waals surface area contributed by atoms with Gasteiger partial charge in [-0.15, -0.1) is 0 Å². The standard InChI is InChI=1S/C29H29BrN2O6/c1-3-38-22-15-17(14-20(30)26(22)34)23-24(27(35)31-18-10-6-4-7-11-18)21(33)16-29(2,37)25(23)28(36)32-19-12-8-5-9-13-19/h4-15,23-25,34,37H,3,16H2,1-2H3,(H,31,35)(H,32,36). The number of nitrogens with one attached hydrogen (secondary N) is 2. The molecule has 4 atom stereocenters. The van der Waals surface area contributed by atoms with Crippen molar-refractivity contribution >= 4 is 44.9 Å². The van der Waals surface area contributed by atoms with Crippen molar-refractivity contribution in [2.24, 2.45) is 11.8 Å². The molecule has 0 aliphatic heterocycles. The molecule has 0 spiro atoms. The highest BCUT2D eigenvalue weighted by Crippen LogP contribution is 2.49. The Labute approximate surface area is 229 Å². The van der Waals surface area contributed by atoms with Gasteiger partial charge in [-0.3, -0.25) is 14.4 Å². The number of hydrogen-bond donors (Lipinski definition) is 4. The first-order valence-corrected chi connectivity index (χ1v) is 13.0. The van der Waals surface area contributed by atoms with Crippen LogP contribution in [-0.2, 0) is 14.4 Å². The van der Waals surface area contributed by atoms with Crippen LogP contribution in [0.25, 0.3) is 0 Å². The number of halogens is 1. The Bertz CT molecular complexity index is 1330. The van der Waals surface area contributed by atoms with Gasteiger partial charge in [0.15, 0.2) is 11.5 Å². The van der Waals surface area contributed by atoms with Crippen molar-refractivity contribution in [1.82, 2.24) is 0 Å². The molecule has 1 aliphatic rings. The molecule has 3 aromatic carbocycles. The molecule has 0 radical (unpaired) electrons. The van der Waals surface area contributed by atoms with Crippen LogP contribution in [0.4, 0.5) is 11.4 Å². The van der Waals surface area contributed by atoms with Gasteiger partial charge in [-0.25, -0.2) is 0 Å². The highest BCUT2D eigenvalue weighted by molar-refractivity contribution is 9.10.